The SMILES string of the molecule is C[C@@]12C=C[C@@H](O1)[C@H](C(=O)O)[C@H]2C(=O)Nc1ccccc1C#N. The third-order valence-electron chi connectivity index (χ3n) is 4.21. The quantitative estimate of drug-likeness (QED) is 0.825. The highest BCUT2D eigenvalue weighted by Crippen LogP contribution is 2.47. The highest BCUT2D eigenvalue weighted by Gasteiger charge is 2.59. The number of benzene rings is 1. The van der Waals surface area contributed by atoms with Gasteiger partial charge in [0.2, 0.25) is 5.91 Å². The summed E-state index contributed by atoms with van der Waals surface area (Å²) in [6, 6.07) is 8.58. The lowest BCUT2D eigenvalue weighted by Gasteiger charge is -2.27. The number of carboxylic acids is 1. The number of nitrogens with one attached hydrogen (secondary N) is 1. The monoisotopic (exact) mass is 298 g/mol. The minimum Gasteiger partial charge on any atom is -0.481 e. The Morgan fingerprint density at radius 2 is 2.14 bits per heavy atom. The van der Waals surface area contributed by atoms with Crippen LogP contribution in [-0.4, -0.2) is 28.7 Å². The molecule has 0 aliphatic carbocycles. The van der Waals surface area contributed by atoms with Crippen molar-refractivity contribution in [3.05, 3.63) is 42.0 Å². The lowest BCUT2D eigenvalue weighted by Crippen LogP contribution is -2.44. The zero-order valence-corrected chi connectivity index (χ0v) is 11.8. The van der Waals surface area contributed by atoms with Gasteiger partial charge in [0.15, 0.2) is 0 Å². The van der Waals surface area contributed by atoms with Crippen molar-refractivity contribution < 1.29 is 19.4 Å². The molecule has 112 valence electrons. The molecule has 0 saturated carbocycles. The number of nitriles is 1. The Morgan fingerprint density at radius 3 is 2.82 bits per heavy atom. The first-order chi connectivity index (χ1) is 10.5. The number of ether oxygens (including phenoxy) is 1. The molecule has 6 nitrogen and oxygen atoms in total. The second-order valence-corrected chi connectivity index (χ2v) is 5.61. The molecular formula is C16H14N2O4. The number of hydrogen-bond donors (Lipinski definition) is 2. The van der Waals surface area contributed by atoms with Gasteiger partial charge in [-0.3, -0.25) is 9.59 Å². The zero-order chi connectivity index (χ0) is 15.9. The van der Waals surface area contributed by atoms with Gasteiger partial charge < -0.3 is 15.2 Å². The van der Waals surface area contributed by atoms with E-state index in [1.54, 1.807) is 43.3 Å². The molecular weight excluding hydrogens is 284 g/mol. The third kappa shape index (κ3) is 2.07. The minimum absolute atomic E-state index is 0.326. The largest absolute Gasteiger partial charge is 0.481 e. The van der Waals surface area contributed by atoms with E-state index >= 15 is 0 Å². The molecule has 2 aliphatic heterocycles. The van der Waals surface area contributed by atoms with E-state index in [9.17, 15) is 14.7 Å². The molecule has 2 bridgehead atoms. The van der Waals surface area contributed by atoms with Gasteiger partial charge in [0.25, 0.3) is 0 Å². The van der Waals surface area contributed by atoms with Crippen LogP contribution in [0.25, 0.3) is 0 Å². The predicted octanol–water partition coefficient (Wildman–Crippen LogP) is 1.54. The Labute approximate surface area is 127 Å². The molecule has 1 amide bonds. The average molecular weight is 298 g/mol. The maximum Gasteiger partial charge on any atom is 0.310 e. The average Bonchev–Trinajstić information content (AvgIpc) is 3.00. The van der Waals surface area contributed by atoms with Crippen LogP contribution in [0.2, 0.25) is 0 Å². The number of aliphatic carboxylic acids is 1. The van der Waals surface area contributed by atoms with Gasteiger partial charge in [-0.2, -0.15) is 5.26 Å². The zero-order valence-electron chi connectivity index (χ0n) is 11.8. The number of anilines is 1. The summed E-state index contributed by atoms with van der Waals surface area (Å²) in [7, 11) is 0. The van der Waals surface area contributed by atoms with Crippen molar-refractivity contribution in [2.75, 3.05) is 5.32 Å². The summed E-state index contributed by atoms with van der Waals surface area (Å²) in [6.45, 7) is 1.70. The van der Waals surface area contributed by atoms with Crippen molar-refractivity contribution in [1.82, 2.24) is 0 Å². The van der Waals surface area contributed by atoms with Crippen molar-refractivity contribution in [3.8, 4) is 6.07 Å². The molecule has 1 saturated heterocycles. The number of para-hydroxylation sites is 1. The van der Waals surface area contributed by atoms with Gasteiger partial charge in [-0.05, 0) is 19.1 Å². The standard InChI is InChI=1S/C16H14N2O4/c1-16-7-6-11(22-16)12(15(20)21)13(16)14(19)18-10-5-3-2-4-9(10)8-17/h2-7,11-13H,1H3,(H,18,19)(H,20,21)/t11-,12+,13+,16+/m1/s1. The van der Waals surface area contributed by atoms with Crippen LogP contribution in [0.15, 0.2) is 36.4 Å². The normalized spacial score (nSPS) is 31.7. The Bertz CT molecular complexity index is 721. The molecule has 3 rings (SSSR count). The second kappa shape index (κ2) is 4.97. The number of hydrogen-bond acceptors (Lipinski definition) is 4. The fraction of sp³-hybridized carbons (Fsp3) is 0.312. The summed E-state index contributed by atoms with van der Waals surface area (Å²) < 4.78 is 5.64. The highest BCUT2D eigenvalue weighted by molar-refractivity contribution is 5.98. The fourth-order valence-electron chi connectivity index (χ4n) is 3.18. The van der Waals surface area contributed by atoms with E-state index in [1.807, 2.05) is 6.07 Å². The number of fused-ring (bicyclic) bond motifs is 2. The minimum atomic E-state index is -1.06. The molecule has 0 radical (unpaired) electrons. The lowest BCUT2D eigenvalue weighted by molar-refractivity contribution is -0.146. The Morgan fingerprint density at radius 1 is 1.41 bits per heavy atom. The second-order valence-electron chi connectivity index (χ2n) is 5.61. The van der Waals surface area contributed by atoms with E-state index in [-0.39, 0.29) is 0 Å². The number of nitrogens with zero attached hydrogens (tertiary/aromatic N) is 1. The summed E-state index contributed by atoms with van der Waals surface area (Å²) in [5.41, 5.74) is -0.235. The van der Waals surface area contributed by atoms with Crippen LogP contribution >= 0.6 is 0 Å². The highest BCUT2D eigenvalue weighted by atomic mass is 16.5. The summed E-state index contributed by atoms with van der Waals surface area (Å²) >= 11 is 0. The van der Waals surface area contributed by atoms with E-state index in [1.165, 1.54) is 0 Å². The smallest absolute Gasteiger partial charge is 0.310 e. The molecule has 1 aromatic rings. The van der Waals surface area contributed by atoms with Gasteiger partial charge in [-0.1, -0.05) is 24.3 Å². The molecule has 2 heterocycles. The predicted molar refractivity (Wildman–Crippen MR) is 76.8 cm³/mol. The van der Waals surface area contributed by atoms with E-state index in [4.69, 9.17) is 10.00 Å². The van der Waals surface area contributed by atoms with Crippen LogP contribution in [-0.2, 0) is 14.3 Å². The van der Waals surface area contributed by atoms with Gasteiger partial charge in [0, 0.05) is 0 Å². The van der Waals surface area contributed by atoms with E-state index in [2.05, 4.69) is 5.32 Å². The van der Waals surface area contributed by atoms with E-state index in [0.717, 1.165) is 0 Å². The topological polar surface area (TPSA) is 99.4 Å². The maximum atomic E-state index is 12.6. The van der Waals surface area contributed by atoms with E-state index < -0.39 is 35.4 Å². The number of rotatable bonds is 3. The van der Waals surface area contributed by atoms with Crippen molar-refractivity contribution in [2.24, 2.45) is 11.8 Å². The van der Waals surface area contributed by atoms with Crippen LogP contribution < -0.4 is 5.32 Å². The van der Waals surface area contributed by atoms with Crippen molar-refractivity contribution in [2.45, 2.75) is 18.6 Å². The van der Waals surface area contributed by atoms with Crippen LogP contribution in [0.4, 0.5) is 5.69 Å². The fourth-order valence-corrected chi connectivity index (χ4v) is 3.18. The molecule has 6 heteroatoms. The first kappa shape index (κ1) is 14.3. The molecule has 2 aliphatic rings. The summed E-state index contributed by atoms with van der Waals surface area (Å²) in [5, 5.41) is 21.1. The van der Waals surface area contributed by atoms with Gasteiger partial charge in [-0.15, -0.1) is 0 Å². The van der Waals surface area contributed by atoms with Crippen molar-refractivity contribution in [3.63, 3.8) is 0 Å². The first-order valence-electron chi connectivity index (χ1n) is 6.86. The molecule has 0 spiro atoms. The van der Waals surface area contributed by atoms with Crippen LogP contribution in [0, 0.1) is 23.2 Å². The van der Waals surface area contributed by atoms with Gasteiger partial charge in [-0.25, -0.2) is 0 Å². The van der Waals surface area contributed by atoms with Crippen LogP contribution in [0.1, 0.15) is 12.5 Å². The number of carbonyl (C=O) groups excluding carboxylic acids is 1. The van der Waals surface area contributed by atoms with Crippen molar-refractivity contribution >= 4 is 17.6 Å². The Balaban J connectivity index is 1.90. The molecule has 1 fully saturated rings. The third-order valence-corrected chi connectivity index (χ3v) is 4.21. The lowest BCUT2D eigenvalue weighted by atomic mass is 9.75. The Kier molecular flexibility index (Phi) is 3.23. The van der Waals surface area contributed by atoms with Crippen molar-refractivity contribution in [1.29, 1.82) is 5.26 Å². The first-order valence-corrected chi connectivity index (χ1v) is 6.86. The molecule has 0 aromatic heterocycles. The van der Waals surface area contributed by atoms with E-state index in [0.29, 0.717) is 11.3 Å². The summed E-state index contributed by atoms with van der Waals surface area (Å²) in [5.74, 6) is -3.28. The number of carboxylic acid groups (broad SMARTS) is 1. The van der Waals surface area contributed by atoms with Gasteiger partial charge in [0.1, 0.15) is 12.0 Å². The van der Waals surface area contributed by atoms with Crippen LogP contribution in [0.5, 0.6) is 0 Å². The molecule has 4 atom stereocenters. The molecule has 0 unspecified atom stereocenters. The molecule has 22 heavy (non-hydrogen) atoms. The number of carbonyl (C=O) groups is 2. The van der Waals surface area contributed by atoms with Crippen LogP contribution in [0.3, 0.4) is 0 Å². The molecule has 2 N–H and O–H groups in total. The molecule has 1 aromatic carbocycles. The number of amides is 1. The maximum absolute atomic E-state index is 12.6. The van der Waals surface area contributed by atoms with Gasteiger partial charge in [0.05, 0.1) is 28.9 Å². The summed E-state index contributed by atoms with van der Waals surface area (Å²) in [6.07, 6.45) is 2.83. The summed E-state index contributed by atoms with van der Waals surface area (Å²) in [4.78, 5) is 24.1. The van der Waals surface area contributed by atoms with Gasteiger partial charge >= 0.3 is 5.97 Å². The Hall–Kier alpha value is -2.65.